The molecule has 0 aliphatic heterocycles. The summed E-state index contributed by atoms with van der Waals surface area (Å²) in [6, 6.07) is 15.2. The molecule has 192 valence electrons. The molecule has 0 aliphatic carbocycles. The largest absolute Gasteiger partial charge is 0.493 e. The fourth-order valence-electron chi connectivity index (χ4n) is 3.71. The molecule has 0 fully saturated rings. The second-order valence-electron chi connectivity index (χ2n) is 8.08. The van der Waals surface area contributed by atoms with E-state index in [0.717, 1.165) is 23.1 Å². The maximum absolute atomic E-state index is 12.7. The Morgan fingerprint density at radius 2 is 1.65 bits per heavy atom. The van der Waals surface area contributed by atoms with Crippen molar-refractivity contribution in [1.29, 1.82) is 0 Å². The highest BCUT2D eigenvalue weighted by atomic mass is 19.4. The maximum Gasteiger partial charge on any atom is 0.416 e. The summed E-state index contributed by atoms with van der Waals surface area (Å²) in [5.41, 5.74) is 2.42. The third-order valence-electron chi connectivity index (χ3n) is 5.55. The highest BCUT2D eigenvalue weighted by Gasteiger charge is 2.30. The van der Waals surface area contributed by atoms with Crippen LogP contribution in [0.25, 0.3) is 22.2 Å². The van der Waals surface area contributed by atoms with Crippen LogP contribution < -0.4 is 14.8 Å². The summed E-state index contributed by atoms with van der Waals surface area (Å²) in [6.07, 6.45) is -3.00. The van der Waals surface area contributed by atoms with Crippen LogP contribution in [0.5, 0.6) is 11.5 Å². The van der Waals surface area contributed by atoms with E-state index in [2.05, 4.69) is 15.3 Å². The predicted molar refractivity (Wildman–Crippen MR) is 133 cm³/mol. The van der Waals surface area contributed by atoms with Gasteiger partial charge in [0, 0.05) is 29.8 Å². The second-order valence-corrected chi connectivity index (χ2v) is 8.08. The number of rotatable bonds is 9. The lowest BCUT2D eigenvalue weighted by Crippen LogP contribution is -2.14. The number of fused-ring (bicyclic) bond motifs is 1. The molecule has 0 bridgehead atoms. The lowest BCUT2D eigenvalue weighted by Gasteiger charge is -2.13. The monoisotopic (exact) mass is 511 g/mol. The summed E-state index contributed by atoms with van der Waals surface area (Å²) in [7, 11) is 3.15. The molecule has 3 aromatic carbocycles. The van der Waals surface area contributed by atoms with Crippen LogP contribution in [0, 0.1) is 0 Å². The molecule has 4 aromatic rings. The maximum atomic E-state index is 12.7. The first-order valence-corrected chi connectivity index (χ1v) is 11.3. The topological polar surface area (TPSA) is 82.6 Å². The van der Waals surface area contributed by atoms with Gasteiger partial charge in [-0.2, -0.15) is 13.2 Å². The van der Waals surface area contributed by atoms with Crippen molar-refractivity contribution in [3.05, 3.63) is 78.1 Å². The average molecular weight is 512 g/mol. The molecular formula is C27H24F3N3O4. The summed E-state index contributed by atoms with van der Waals surface area (Å²) >= 11 is 0. The lowest BCUT2D eigenvalue weighted by atomic mass is 10.1. The van der Waals surface area contributed by atoms with E-state index < -0.39 is 11.7 Å². The minimum absolute atomic E-state index is 0.0506. The summed E-state index contributed by atoms with van der Waals surface area (Å²) in [5, 5.41) is 3.52. The van der Waals surface area contributed by atoms with Gasteiger partial charge in [-0.05, 0) is 35.9 Å². The van der Waals surface area contributed by atoms with Crippen LogP contribution in [0.2, 0.25) is 0 Å². The molecule has 1 amide bonds. The van der Waals surface area contributed by atoms with Crippen LogP contribution >= 0.6 is 0 Å². The number of methoxy groups -OCH3 is 2. The molecule has 0 radical (unpaired) electrons. The van der Waals surface area contributed by atoms with Gasteiger partial charge in [0.05, 0.1) is 36.9 Å². The van der Waals surface area contributed by atoms with Crippen LogP contribution in [-0.2, 0) is 22.1 Å². The molecule has 0 saturated carbocycles. The van der Waals surface area contributed by atoms with Gasteiger partial charge >= 0.3 is 6.18 Å². The van der Waals surface area contributed by atoms with Crippen molar-refractivity contribution < 1.29 is 32.2 Å². The van der Waals surface area contributed by atoms with Crippen LogP contribution in [0.4, 0.5) is 18.9 Å². The Morgan fingerprint density at radius 1 is 0.919 bits per heavy atom. The molecular weight excluding hydrogens is 487 g/mol. The number of aromatic nitrogens is 2. The van der Waals surface area contributed by atoms with Gasteiger partial charge in [-0.3, -0.25) is 4.79 Å². The summed E-state index contributed by atoms with van der Waals surface area (Å²) in [5.74, 6) is 0.736. The molecule has 7 nitrogen and oxygen atoms in total. The zero-order valence-corrected chi connectivity index (χ0v) is 20.1. The van der Waals surface area contributed by atoms with E-state index in [1.807, 2.05) is 18.2 Å². The third-order valence-corrected chi connectivity index (χ3v) is 5.55. The third kappa shape index (κ3) is 6.34. The van der Waals surface area contributed by atoms with Crippen LogP contribution in [0.15, 0.2) is 67.0 Å². The number of anilines is 1. The molecule has 0 unspecified atom stereocenters. The lowest BCUT2D eigenvalue weighted by molar-refractivity contribution is -0.137. The van der Waals surface area contributed by atoms with E-state index in [9.17, 15) is 18.0 Å². The fourth-order valence-corrected chi connectivity index (χ4v) is 3.71. The van der Waals surface area contributed by atoms with Crippen molar-refractivity contribution in [3.8, 4) is 22.8 Å². The molecule has 37 heavy (non-hydrogen) atoms. The van der Waals surface area contributed by atoms with Crippen molar-refractivity contribution in [2.45, 2.75) is 12.6 Å². The van der Waals surface area contributed by atoms with Gasteiger partial charge in [0.1, 0.15) is 12.9 Å². The minimum Gasteiger partial charge on any atom is -0.493 e. The number of amides is 1. The molecule has 0 spiro atoms. The number of nitrogens with zero attached hydrogens (tertiary/aromatic N) is 2. The zero-order chi connectivity index (χ0) is 26.4. The Balaban J connectivity index is 1.49. The summed E-state index contributed by atoms with van der Waals surface area (Å²) < 4.78 is 54.4. The number of carbonyl (C=O) groups excluding carboxylic acids is 1. The van der Waals surface area contributed by atoms with E-state index in [1.54, 1.807) is 32.4 Å². The number of benzene rings is 3. The Morgan fingerprint density at radius 3 is 2.30 bits per heavy atom. The van der Waals surface area contributed by atoms with E-state index in [-0.39, 0.29) is 12.3 Å². The van der Waals surface area contributed by atoms with Crippen molar-refractivity contribution in [3.63, 3.8) is 0 Å². The highest BCUT2D eigenvalue weighted by molar-refractivity contribution is 5.95. The molecule has 1 aromatic heterocycles. The predicted octanol–water partition coefficient (Wildman–Crippen LogP) is 5.53. The first-order valence-electron chi connectivity index (χ1n) is 11.3. The number of hydrogen-bond donors (Lipinski definition) is 1. The van der Waals surface area contributed by atoms with E-state index in [1.165, 1.54) is 18.5 Å². The van der Waals surface area contributed by atoms with Gasteiger partial charge in [0.15, 0.2) is 11.5 Å². The average Bonchev–Trinajstić information content (AvgIpc) is 2.88. The highest BCUT2D eigenvalue weighted by Crippen LogP contribution is 2.35. The molecule has 1 N–H and O–H groups in total. The standard InChI is InChI=1S/C27H24F3N3O4/c1-35-11-12-37-24-15-22-21(14-23(24)36-2)26(32-16-31-22)18-5-9-20(10-6-18)33-25(34)13-17-3-7-19(8-4-17)27(28,29)30/h3-10,14-16H,11-13H2,1-2H3,(H,33,34). The second kappa shape index (κ2) is 11.3. The fraction of sp³-hybridized carbons (Fsp3) is 0.222. The Hall–Kier alpha value is -4.18. The number of hydrogen-bond acceptors (Lipinski definition) is 6. The molecule has 0 atom stereocenters. The SMILES string of the molecule is COCCOc1cc2ncnc(-c3ccc(NC(=O)Cc4ccc(C(F)(F)F)cc4)cc3)c2cc1OC. The number of alkyl halides is 3. The number of nitrogens with one attached hydrogen (secondary N) is 1. The summed E-state index contributed by atoms with van der Waals surface area (Å²) in [6.45, 7) is 0.797. The summed E-state index contributed by atoms with van der Waals surface area (Å²) in [4.78, 5) is 21.2. The Kier molecular flexibility index (Phi) is 7.88. The van der Waals surface area contributed by atoms with Crippen LogP contribution in [0.3, 0.4) is 0 Å². The number of halogens is 3. The van der Waals surface area contributed by atoms with Gasteiger partial charge in [0.25, 0.3) is 0 Å². The van der Waals surface area contributed by atoms with E-state index >= 15 is 0 Å². The van der Waals surface area contributed by atoms with E-state index in [4.69, 9.17) is 14.2 Å². The van der Waals surface area contributed by atoms with Crippen molar-refractivity contribution in [1.82, 2.24) is 9.97 Å². The first kappa shape index (κ1) is 25.9. The van der Waals surface area contributed by atoms with Crippen molar-refractivity contribution in [2.24, 2.45) is 0 Å². The van der Waals surface area contributed by atoms with Crippen LogP contribution in [-0.4, -0.2) is 43.3 Å². The quantitative estimate of drug-likeness (QED) is 0.298. The van der Waals surface area contributed by atoms with Gasteiger partial charge in [0.2, 0.25) is 5.91 Å². The van der Waals surface area contributed by atoms with Crippen molar-refractivity contribution >= 4 is 22.5 Å². The Bertz CT molecular complexity index is 1380. The van der Waals surface area contributed by atoms with Gasteiger partial charge in [-0.25, -0.2) is 9.97 Å². The molecule has 0 aliphatic rings. The first-order chi connectivity index (χ1) is 17.8. The van der Waals surface area contributed by atoms with E-state index in [0.29, 0.717) is 47.2 Å². The van der Waals surface area contributed by atoms with Crippen molar-refractivity contribution in [2.75, 3.05) is 32.8 Å². The minimum atomic E-state index is -4.41. The smallest absolute Gasteiger partial charge is 0.416 e. The number of carbonyl (C=O) groups is 1. The molecule has 4 rings (SSSR count). The molecule has 0 saturated heterocycles. The van der Waals surface area contributed by atoms with Gasteiger partial charge in [-0.15, -0.1) is 0 Å². The van der Waals surface area contributed by atoms with Gasteiger partial charge in [-0.1, -0.05) is 24.3 Å². The van der Waals surface area contributed by atoms with Crippen LogP contribution in [0.1, 0.15) is 11.1 Å². The Labute approximate surface area is 211 Å². The van der Waals surface area contributed by atoms with Gasteiger partial charge < -0.3 is 19.5 Å². The molecule has 1 heterocycles. The normalized spacial score (nSPS) is 11.4. The zero-order valence-electron chi connectivity index (χ0n) is 20.1. The number of ether oxygens (including phenoxy) is 3. The molecule has 10 heteroatoms.